The molecule has 3 heteroatoms. The topological polar surface area (TPSA) is 20.3 Å². The molecule has 0 saturated carbocycles. The molecule has 2 heterocycles. The first-order valence-electron chi connectivity index (χ1n) is 3.25. The monoisotopic (exact) mass is 139 g/mol. The molecule has 2 nitrogen and oxygen atoms in total. The molecule has 2 radical (unpaired) electrons. The molecule has 0 aromatic rings. The Hall–Kier alpha value is -0.313. The fourth-order valence-corrected chi connectivity index (χ4v) is 2.54. The van der Waals surface area contributed by atoms with Gasteiger partial charge in [0.05, 0.1) is 9.52 Å². The van der Waals surface area contributed by atoms with Gasteiger partial charge < -0.3 is 4.90 Å². The third kappa shape index (κ3) is 0.581. The van der Waals surface area contributed by atoms with E-state index in [1.54, 1.807) is 0 Å². The molecule has 1 spiro atoms. The highest BCUT2D eigenvalue weighted by Gasteiger charge is 2.54. The van der Waals surface area contributed by atoms with E-state index in [0.717, 1.165) is 22.5 Å². The van der Waals surface area contributed by atoms with Crippen LogP contribution < -0.4 is 0 Å². The maximum Gasteiger partial charge on any atom is 0.224 e. The molecule has 0 aromatic carbocycles. The predicted octanol–water partition coefficient (Wildman–Crippen LogP) is 0.143. The first-order valence-corrected chi connectivity index (χ1v) is 4.46. The molecule has 0 unspecified atom stereocenters. The molecular weight excluding hydrogens is 130 g/mol. The average molecular weight is 139 g/mol. The van der Waals surface area contributed by atoms with Crippen LogP contribution in [0.1, 0.15) is 6.42 Å². The summed E-state index contributed by atoms with van der Waals surface area (Å²) in [4.78, 5) is 13.1. The van der Waals surface area contributed by atoms with Crippen LogP contribution in [-0.4, -0.2) is 33.9 Å². The number of likely N-dealkylation sites (tertiary alicyclic amines) is 1. The molecular formula is C6H9NOSi. The number of rotatable bonds is 0. The molecule has 0 aliphatic carbocycles. The van der Waals surface area contributed by atoms with Gasteiger partial charge >= 0.3 is 0 Å². The van der Waals surface area contributed by atoms with E-state index in [4.69, 9.17) is 0 Å². The van der Waals surface area contributed by atoms with Crippen molar-refractivity contribution in [3.05, 3.63) is 0 Å². The van der Waals surface area contributed by atoms with Crippen LogP contribution in [0.15, 0.2) is 0 Å². The zero-order valence-electron chi connectivity index (χ0n) is 5.48. The summed E-state index contributed by atoms with van der Waals surface area (Å²) in [7, 11) is 2.84. The zero-order chi connectivity index (χ0) is 6.48. The van der Waals surface area contributed by atoms with Gasteiger partial charge in [0.1, 0.15) is 0 Å². The van der Waals surface area contributed by atoms with Gasteiger partial charge in [-0.15, -0.1) is 0 Å². The second-order valence-corrected chi connectivity index (χ2v) is 4.58. The SMILES string of the molecule is CN1CC[C@]2(C[Si]2)C1=O. The third-order valence-corrected chi connectivity index (χ3v) is 3.90. The smallest absolute Gasteiger partial charge is 0.224 e. The van der Waals surface area contributed by atoms with E-state index >= 15 is 0 Å². The number of hydrogen-bond acceptors (Lipinski definition) is 1. The van der Waals surface area contributed by atoms with Crippen LogP contribution in [0.3, 0.4) is 0 Å². The normalized spacial score (nSPS) is 40.6. The van der Waals surface area contributed by atoms with Crippen LogP contribution in [0.2, 0.25) is 11.1 Å². The molecule has 2 fully saturated rings. The van der Waals surface area contributed by atoms with Crippen molar-refractivity contribution < 1.29 is 4.79 Å². The maximum atomic E-state index is 11.2. The van der Waals surface area contributed by atoms with Crippen molar-refractivity contribution in [3.63, 3.8) is 0 Å². The van der Waals surface area contributed by atoms with E-state index in [9.17, 15) is 4.79 Å². The lowest BCUT2D eigenvalue weighted by Crippen LogP contribution is -2.21. The van der Waals surface area contributed by atoms with Crippen LogP contribution in [0.4, 0.5) is 0 Å². The number of nitrogens with zero attached hydrogens (tertiary/aromatic N) is 1. The number of carbonyl (C=O) groups excluding carboxylic acids is 1. The largest absolute Gasteiger partial charge is 0.346 e. The van der Waals surface area contributed by atoms with Crippen molar-refractivity contribution in [1.82, 2.24) is 4.90 Å². The minimum absolute atomic E-state index is 0.189. The Morgan fingerprint density at radius 3 is 2.67 bits per heavy atom. The van der Waals surface area contributed by atoms with E-state index in [-0.39, 0.29) is 5.04 Å². The molecule has 0 bridgehead atoms. The lowest BCUT2D eigenvalue weighted by atomic mass is 10.1. The molecule has 48 valence electrons. The quantitative estimate of drug-likeness (QED) is 0.437. The predicted molar refractivity (Wildman–Crippen MR) is 35.5 cm³/mol. The molecule has 2 saturated heterocycles. The summed E-state index contributed by atoms with van der Waals surface area (Å²) in [6, 6.07) is 1.18. The molecule has 2 aliphatic rings. The van der Waals surface area contributed by atoms with Gasteiger partial charge in [0, 0.05) is 18.6 Å². The van der Waals surface area contributed by atoms with E-state index in [1.165, 1.54) is 6.04 Å². The van der Waals surface area contributed by atoms with Gasteiger partial charge in [-0.05, 0) is 12.5 Å². The van der Waals surface area contributed by atoms with Gasteiger partial charge in [-0.2, -0.15) is 0 Å². The van der Waals surface area contributed by atoms with Crippen molar-refractivity contribution in [3.8, 4) is 0 Å². The van der Waals surface area contributed by atoms with Crippen LogP contribution >= 0.6 is 0 Å². The second kappa shape index (κ2) is 1.40. The lowest BCUT2D eigenvalue weighted by Gasteiger charge is -2.06. The first kappa shape index (κ1) is 5.47. The van der Waals surface area contributed by atoms with Crippen molar-refractivity contribution in [2.45, 2.75) is 17.5 Å². The summed E-state index contributed by atoms with van der Waals surface area (Å²) in [5, 5.41) is 0.189. The van der Waals surface area contributed by atoms with E-state index < -0.39 is 0 Å². The molecule has 1 atom stereocenters. The fraction of sp³-hybridized carbons (Fsp3) is 0.833. The maximum absolute atomic E-state index is 11.2. The van der Waals surface area contributed by atoms with Crippen molar-refractivity contribution in [1.29, 1.82) is 0 Å². The Balaban J connectivity index is 2.22. The first-order chi connectivity index (χ1) is 4.25. The lowest BCUT2D eigenvalue weighted by molar-refractivity contribution is -0.127. The molecule has 2 rings (SSSR count). The third-order valence-electron chi connectivity index (χ3n) is 2.23. The van der Waals surface area contributed by atoms with Crippen molar-refractivity contribution >= 4 is 15.4 Å². The minimum atomic E-state index is 0.189. The van der Waals surface area contributed by atoms with Gasteiger partial charge in [-0.1, -0.05) is 0 Å². The van der Waals surface area contributed by atoms with Crippen LogP contribution in [-0.2, 0) is 4.79 Å². The molecule has 0 aromatic heterocycles. The highest BCUT2D eigenvalue weighted by molar-refractivity contribution is 6.61. The summed E-state index contributed by atoms with van der Waals surface area (Å²) in [5.74, 6) is 0.404. The zero-order valence-corrected chi connectivity index (χ0v) is 6.48. The summed E-state index contributed by atoms with van der Waals surface area (Å²) < 4.78 is 0. The Bertz CT molecular complexity index is 164. The number of carbonyl (C=O) groups is 1. The Labute approximate surface area is 57.0 Å². The van der Waals surface area contributed by atoms with Gasteiger partial charge in [0.2, 0.25) is 5.91 Å². The summed E-state index contributed by atoms with van der Waals surface area (Å²) in [5.41, 5.74) is 0. The molecule has 0 N–H and O–H groups in total. The van der Waals surface area contributed by atoms with E-state index in [2.05, 4.69) is 0 Å². The molecule has 1 amide bonds. The van der Waals surface area contributed by atoms with Gasteiger partial charge in [-0.25, -0.2) is 0 Å². The van der Waals surface area contributed by atoms with Crippen molar-refractivity contribution in [2.24, 2.45) is 0 Å². The highest BCUT2D eigenvalue weighted by Crippen LogP contribution is 2.54. The van der Waals surface area contributed by atoms with Crippen LogP contribution in [0, 0.1) is 0 Å². The average Bonchev–Trinajstić information content (AvgIpc) is 2.57. The Morgan fingerprint density at radius 2 is 2.44 bits per heavy atom. The summed E-state index contributed by atoms with van der Waals surface area (Å²) >= 11 is 0. The van der Waals surface area contributed by atoms with Crippen LogP contribution in [0.25, 0.3) is 0 Å². The molecule has 9 heavy (non-hydrogen) atoms. The molecule has 2 aliphatic heterocycles. The number of amides is 1. The van der Waals surface area contributed by atoms with E-state index in [0.29, 0.717) is 5.91 Å². The summed E-state index contributed by atoms with van der Waals surface area (Å²) in [6.45, 7) is 0.992. The Kier molecular flexibility index (Phi) is 0.849. The second-order valence-electron chi connectivity index (χ2n) is 2.91. The van der Waals surface area contributed by atoms with Crippen LogP contribution in [0.5, 0.6) is 0 Å². The van der Waals surface area contributed by atoms with Gasteiger partial charge in [0.15, 0.2) is 0 Å². The Morgan fingerprint density at radius 1 is 1.78 bits per heavy atom. The van der Waals surface area contributed by atoms with E-state index in [1.807, 2.05) is 11.9 Å². The minimum Gasteiger partial charge on any atom is -0.346 e. The summed E-state index contributed by atoms with van der Waals surface area (Å²) in [6.07, 6.45) is 1.13. The fourth-order valence-electron chi connectivity index (χ4n) is 1.37. The highest BCUT2D eigenvalue weighted by atomic mass is 28.2. The van der Waals surface area contributed by atoms with Gasteiger partial charge in [-0.3, -0.25) is 4.79 Å². The number of hydrogen-bond donors (Lipinski definition) is 0. The van der Waals surface area contributed by atoms with Crippen molar-refractivity contribution in [2.75, 3.05) is 13.6 Å². The van der Waals surface area contributed by atoms with Gasteiger partial charge in [0.25, 0.3) is 0 Å². The standard InChI is InChI=1S/C6H9NOSi/c1-7-3-2-6(4-9-6)5(7)8/h2-4H2,1H3/t6-/m0/s1.